The standard InChI is InChI=1S/C21H31N3O3/c1-15-2-4-16(5-3-15)14-23-20(25)18-6-10-24(11-7-18)21(26)19(22)17-8-12-27-13-9-17/h2-5,17-19H,6-14,22H2,1H3,(H,23,25). The third-order valence-corrected chi connectivity index (χ3v) is 5.82. The Morgan fingerprint density at radius 1 is 1.15 bits per heavy atom. The first-order chi connectivity index (χ1) is 13.0. The summed E-state index contributed by atoms with van der Waals surface area (Å²) in [5.41, 5.74) is 8.52. The lowest BCUT2D eigenvalue weighted by Gasteiger charge is -2.35. The van der Waals surface area contributed by atoms with Crippen LogP contribution in [0.4, 0.5) is 0 Å². The summed E-state index contributed by atoms with van der Waals surface area (Å²) in [5, 5.41) is 3.03. The number of nitrogens with two attached hydrogens (primary N) is 1. The van der Waals surface area contributed by atoms with E-state index in [0.717, 1.165) is 18.4 Å². The number of benzene rings is 1. The van der Waals surface area contributed by atoms with E-state index in [4.69, 9.17) is 10.5 Å². The predicted molar refractivity (Wildman–Crippen MR) is 104 cm³/mol. The molecule has 2 aliphatic heterocycles. The maximum absolute atomic E-state index is 12.7. The van der Waals surface area contributed by atoms with Gasteiger partial charge >= 0.3 is 0 Å². The molecule has 2 amide bonds. The molecular weight excluding hydrogens is 342 g/mol. The van der Waals surface area contributed by atoms with Gasteiger partial charge in [-0.15, -0.1) is 0 Å². The zero-order chi connectivity index (χ0) is 19.2. The van der Waals surface area contributed by atoms with Crippen LogP contribution >= 0.6 is 0 Å². The van der Waals surface area contributed by atoms with Gasteiger partial charge in [0.05, 0.1) is 6.04 Å². The Labute approximate surface area is 161 Å². The Kier molecular flexibility index (Phi) is 6.85. The SMILES string of the molecule is Cc1ccc(CNC(=O)C2CCN(C(=O)C(N)C3CCOCC3)CC2)cc1. The second-order valence-electron chi connectivity index (χ2n) is 7.78. The molecule has 27 heavy (non-hydrogen) atoms. The highest BCUT2D eigenvalue weighted by Crippen LogP contribution is 2.22. The van der Waals surface area contributed by atoms with E-state index in [1.165, 1.54) is 5.56 Å². The van der Waals surface area contributed by atoms with Gasteiger partial charge in [-0.2, -0.15) is 0 Å². The molecule has 0 bridgehead atoms. The Bertz CT molecular complexity index is 633. The highest BCUT2D eigenvalue weighted by atomic mass is 16.5. The number of carbonyl (C=O) groups excluding carboxylic acids is 2. The molecule has 1 aromatic rings. The van der Waals surface area contributed by atoms with Crippen LogP contribution in [0.5, 0.6) is 0 Å². The highest BCUT2D eigenvalue weighted by molar-refractivity contribution is 5.83. The minimum atomic E-state index is -0.444. The summed E-state index contributed by atoms with van der Waals surface area (Å²) < 4.78 is 5.35. The van der Waals surface area contributed by atoms with Crippen LogP contribution in [0.25, 0.3) is 0 Å². The minimum absolute atomic E-state index is 0.0282. The van der Waals surface area contributed by atoms with Crippen LogP contribution in [-0.4, -0.2) is 49.1 Å². The van der Waals surface area contributed by atoms with Gasteiger partial charge in [0, 0.05) is 38.8 Å². The Morgan fingerprint density at radius 3 is 2.41 bits per heavy atom. The molecule has 1 atom stereocenters. The topological polar surface area (TPSA) is 84.7 Å². The van der Waals surface area contributed by atoms with Crippen LogP contribution in [0.15, 0.2) is 24.3 Å². The average Bonchev–Trinajstić information content (AvgIpc) is 2.73. The molecule has 1 aromatic carbocycles. The second-order valence-corrected chi connectivity index (χ2v) is 7.78. The van der Waals surface area contributed by atoms with E-state index >= 15 is 0 Å². The van der Waals surface area contributed by atoms with Gasteiger partial charge in [0.25, 0.3) is 0 Å². The first-order valence-corrected chi connectivity index (χ1v) is 10.00. The Balaban J connectivity index is 1.42. The lowest BCUT2D eigenvalue weighted by atomic mass is 9.90. The largest absolute Gasteiger partial charge is 0.381 e. The number of likely N-dealkylation sites (tertiary alicyclic amines) is 1. The van der Waals surface area contributed by atoms with Crippen molar-refractivity contribution in [3.05, 3.63) is 35.4 Å². The van der Waals surface area contributed by atoms with Gasteiger partial charge in [-0.25, -0.2) is 0 Å². The fourth-order valence-corrected chi connectivity index (χ4v) is 3.89. The molecule has 148 valence electrons. The number of amides is 2. The van der Waals surface area contributed by atoms with Crippen LogP contribution in [0.3, 0.4) is 0 Å². The van der Waals surface area contributed by atoms with Gasteiger partial charge in [0.1, 0.15) is 0 Å². The molecule has 6 nitrogen and oxygen atoms in total. The summed E-state index contributed by atoms with van der Waals surface area (Å²) in [6.07, 6.45) is 3.10. The maximum Gasteiger partial charge on any atom is 0.239 e. The number of hydrogen-bond donors (Lipinski definition) is 2. The van der Waals surface area contributed by atoms with Crippen molar-refractivity contribution in [3.8, 4) is 0 Å². The monoisotopic (exact) mass is 373 g/mol. The van der Waals surface area contributed by atoms with E-state index < -0.39 is 6.04 Å². The summed E-state index contributed by atoms with van der Waals surface area (Å²) in [4.78, 5) is 27.0. The smallest absolute Gasteiger partial charge is 0.239 e. The summed E-state index contributed by atoms with van der Waals surface area (Å²) in [6.45, 7) is 5.19. The van der Waals surface area contributed by atoms with Crippen LogP contribution in [0, 0.1) is 18.8 Å². The highest BCUT2D eigenvalue weighted by Gasteiger charge is 2.33. The molecule has 3 N–H and O–H groups in total. The van der Waals surface area contributed by atoms with Crippen LogP contribution in [-0.2, 0) is 20.9 Å². The van der Waals surface area contributed by atoms with Crippen molar-refractivity contribution in [2.24, 2.45) is 17.6 Å². The molecule has 6 heteroatoms. The van der Waals surface area contributed by atoms with Crippen LogP contribution in [0.1, 0.15) is 36.8 Å². The quantitative estimate of drug-likeness (QED) is 0.821. The zero-order valence-electron chi connectivity index (χ0n) is 16.2. The molecule has 0 radical (unpaired) electrons. The van der Waals surface area contributed by atoms with Crippen LogP contribution < -0.4 is 11.1 Å². The zero-order valence-corrected chi connectivity index (χ0v) is 16.2. The lowest BCUT2D eigenvalue weighted by molar-refractivity contribution is -0.138. The molecule has 1 unspecified atom stereocenters. The fraction of sp³-hybridized carbons (Fsp3) is 0.619. The first kappa shape index (κ1) is 19.8. The summed E-state index contributed by atoms with van der Waals surface area (Å²) in [6, 6.07) is 7.73. The van der Waals surface area contributed by atoms with E-state index in [-0.39, 0.29) is 23.7 Å². The van der Waals surface area contributed by atoms with Gasteiger partial charge < -0.3 is 20.7 Å². The lowest BCUT2D eigenvalue weighted by Crippen LogP contribution is -2.52. The van der Waals surface area contributed by atoms with Crippen molar-refractivity contribution in [1.29, 1.82) is 0 Å². The van der Waals surface area contributed by atoms with E-state index in [0.29, 0.717) is 45.7 Å². The average molecular weight is 373 g/mol. The van der Waals surface area contributed by atoms with E-state index in [1.54, 1.807) is 0 Å². The Morgan fingerprint density at radius 2 is 1.78 bits per heavy atom. The third-order valence-electron chi connectivity index (χ3n) is 5.82. The molecule has 2 aliphatic rings. The Hall–Kier alpha value is -1.92. The molecule has 0 aliphatic carbocycles. The number of nitrogens with zero attached hydrogens (tertiary/aromatic N) is 1. The number of ether oxygens (including phenoxy) is 1. The van der Waals surface area contributed by atoms with Crippen molar-refractivity contribution in [2.75, 3.05) is 26.3 Å². The first-order valence-electron chi connectivity index (χ1n) is 10.00. The van der Waals surface area contributed by atoms with Crippen molar-refractivity contribution in [1.82, 2.24) is 10.2 Å². The van der Waals surface area contributed by atoms with E-state index in [2.05, 4.69) is 5.32 Å². The van der Waals surface area contributed by atoms with E-state index in [1.807, 2.05) is 36.1 Å². The number of carbonyl (C=O) groups is 2. The molecule has 2 fully saturated rings. The molecule has 0 spiro atoms. The summed E-state index contributed by atoms with van der Waals surface area (Å²) in [5.74, 6) is 0.289. The predicted octanol–water partition coefficient (Wildman–Crippen LogP) is 1.60. The van der Waals surface area contributed by atoms with Crippen molar-refractivity contribution in [3.63, 3.8) is 0 Å². The number of nitrogens with one attached hydrogen (secondary N) is 1. The van der Waals surface area contributed by atoms with Gasteiger partial charge in [-0.1, -0.05) is 29.8 Å². The number of aryl methyl sites for hydroxylation is 1. The van der Waals surface area contributed by atoms with Gasteiger partial charge in [0.2, 0.25) is 11.8 Å². The summed E-state index contributed by atoms with van der Waals surface area (Å²) in [7, 11) is 0. The summed E-state index contributed by atoms with van der Waals surface area (Å²) >= 11 is 0. The number of rotatable bonds is 5. The molecule has 2 saturated heterocycles. The van der Waals surface area contributed by atoms with Gasteiger partial charge in [-0.3, -0.25) is 9.59 Å². The fourth-order valence-electron chi connectivity index (χ4n) is 3.89. The van der Waals surface area contributed by atoms with E-state index in [9.17, 15) is 9.59 Å². The van der Waals surface area contributed by atoms with Gasteiger partial charge in [0.15, 0.2) is 0 Å². The minimum Gasteiger partial charge on any atom is -0.381 e. The van der Waals surface area contributed by atoms with Gasteiger partial charge in [-0.05, 0) is 44.1 Å². The number of piperidine rings is 1. The molecule has 2 heterocycles. The van der Waals surface area contributed by atoms with Crippen LogP contribution in [0.2, 0.25) is 0 Å². The van der Waals surface area contributed by atoms with Crippen molar-refractivity contribution < 1.29 is 14.3 Å². The third kappa shape index (κ3) is 5.30. The second kappa shape index (κ2) is 9.33. The van der Waals surface area contributed by atoms with Crippen molar-refractivity contribution in [2.45, 2.75) is 45.2 Å². The molecule has 3 rings (SSSR count). The normalized spacial score (nSPS) is 20.3. The molecule has 0 saturated carbocycles. The molecule has 0 aromatic heterocycles. The number of hydrogen-bond acceptors (Lipinski definition) is 4. The maximum atomic E-state index is 12.7. The van der Waals surface area contributed by atoms with Crippen molar-refractivity contribution >= 4 is 11.8 Å². The molecular formula is C21H31N3O3.